The molecule has 1 unspecified atom stereocenters. The molecule has 0 aromatic rings. The Hall–Kier alpha value is -1.36. The third-order valence-corrected chi connectivity index (χ3v) is 1.63. The van der Waals surface area contributed by atoms with Gasteiger partial charge in [-0.3, -0.25) is 9.59 Å². The average molecular weight is 186 g/mol. The number of hydrogen-bond donors (Lipinski definition) is 3. The molecule has 5 nitrogen and oxygen atoms in total. The number of ketones is 1. The molecule has 0 aliphatic heterocycles. The Morgan fingerprint density at radius 3 is 2.46 bits per heavy atom. The average Bonchev–Trinajstić information content (AvgIpc) is 2.04. The Kier molecular flexibility index (Phi) is 4.76. The van der Waals surface area contributed by atoms with E-state index in [-0.39, 0.29) is 24.3 Å². The number of nitrogens with two attached hydrogens (primary N) is 1. The van der Waals surface area contributed by atoms with Crippen molar-refractivity contribution in [1.82, 2.24) is 5.32 Å². The summed E-state index contributed by atoms with van der Waals surface area (Å²) in [7, 11) is 1.58. The third kappa shape index (κ3) is 4.27. The maximum Gasteiger partial charge on any atom is 0.303 e. The third-order valence-electron chi connectivity index (χ3n) is 1.63. The van der Waals surface area contributed by atoms with E-state index in [1.807, 2.05) is 0 Å². The van der Waals surface area contributed by atoms with Crippen molar-refractivity contribution in [3.63, 3.8) is 0 Å². The van der Waals surface area contributed by atoms with Crippen molar-refractivity contribution in [2.45, 2.75) is 18.9 Å². The monoisotopic (exact) mass is 186 g/mol. The zero-order valence-corrected chi connectivity index (χ0v) is 7.54. The molecule has 13 heavy (non-hydrogen) atoms. The fraction of sp³-hybridized carbons (Fsp3) is 0.500. The molecule has 74 valence electrons. The molecule has 0 aromatic heterocycles. The Morgan fingerprint density at radius 1 is 1.62 bits per heavy atom. The predicted octanol–water partition coefficient (Wildman–Crippen LogP) is -0.519. The second-order valence-corrected chi connectivity index (χ2v) is 2.66. The van der Waals surface area contributed by atoms with Crippen LogP contribution in [-0.4, -0.2) is 29.9 Å². The number of nitrogens with one attached hydrogen (secondary N) is 1. The van der Waals surface area contributed by atoms with Crippen LogP contribution in [0.3, 0.4) is 0 Å². The minimum atomic E-state index is -0.935. The largest absolute Gasteiger partial charge is 0.481 e. The Balaban J connectivity index is 4.10. The maximum absolute atomic E-state index is 11.2. The Morgan fingerprint density at radius 2 is 2.15 bits per heavy atom. The topological polar surface area (TPSA) is 92.4 Å². The molecule has 0 fully saturated rings. The second-order valence-electron chi connectivity index (χ2n) is 2.66. The van der Waals surface area contributed by atoms with Gasteiger partial charge < -0.3 is 16.2 Å². The molecule has 0 saturated carbocycles. The summed E-state index contributed by atoms with van der Waals surface area (Å²) in [5.74, 6) is -1.28. The van der Waals surface area contributed by atoms with Crippen LogP contribution in [0.5, 0.6) is 0 Å². The molecule has 0 aliphatic rings. The highest BCUT2D eigenvalue weighted by Gasteiger charge is 2.18. The summed E-state index contributed by atoms with van der Waals surface area (Å²) < 4.78 is 0. The first kappa shape index (κ1) is 11.6. The molecule has 4 N–H and O–H groups in total. The Bertz CT molecular complexity index is 225. The lowest BCUT2D eigenvalue weighted by molar-refractivity contribution is -0.137. The molecule has 0 amide bonds. The lowest BCUT2D eigenvalue weighted by atomic mass is 10.1. The molecule has 0 heterocycles. The fourth-order valence-corrected chi connectivity index (χ4v) is 0.898. The highest BCUT2D eigenvalue weighted by atomic mass is 16.4. The summed E-state index contributed by atoms with van der Waals surface area (Å²) in [4.78, 5) is 21.4. The normalized spacial score (nSPS) is 12.1. The van der Waals surface area contributed by atoms with Crippen LogP contribution in [-0.2, 0) is 9.59 Å². The van der Waals surface area contributed by atoms with Gasteiger partial charge in [0.15, 0.2) is 5.78 Å². The van der Waals surface area contributed by atoms with E-state index >= 15 is 0 Å². The van der Waals surface area contributed by atoms with Gasteiger partial charge in [-0.1, -0.05) is 6.58 Å². The molecular weight excluding hydrogens is 172 g/mol. The number of carbonyl (C=O) groups is 2. The molecule has 0 aliphatic carbocycles. The van der Waals surface area contributed by atoms with Crippen molar-refractivity contribution in [2.75, 3.05) is 7.05 Å². The summed E-state index contributed by atoms with van der Waals surface area (Å²) in [5, 5.41) is 11.1. The zero-order valence-electron chi connectivity index (χ0n) is 7.54. The van der Waals surface area contributed by atoms with E-state index in [0.29, 0.717) is 0 Å². The number of likely N-dealkylation sites (N-methyl/N-ethyl adjacent to an activating group) is 1. The van der Waals surface area contributed by atoms with Crippen LogP contribution in [0.4, 0.5) is 0 Å². The maximum atomic E-state index is 11.2. The summed E-state index contributed by atoms with van der Waals surface area (Å²) in [6.45, 7) is 3.29. The molecular formula is C8H14N2O3. The number of carboxylic acids is 1. The molecule has 0 bridgehead atoms. The van der Waals surface area contributed by atoms with Crippen LogP contribution < -0.4 is 11.1 Å². The van der Waals surface area contributed by atoms with Crippen LogP contribution in [0.15, 0.2) is 12.3 Å². The van der Waals surface area contributed by atoms with Crippen LogP contribution in [0, 0.1) is 0 Å². The van der Waals surface area contributed by atoms with Gasteiger partial charge >= 0.3 is 5.97 Å². The van der Waals surface area contributed by atoms with Gasteiger partial charge in [0.05, 0.1) is 11.7 Å². The number of carboxylic acid groups (broad SMARTS) is 1. The highest BCUT2D eigenvalue weighted by Crippen LogP contribution is 2.01. The van der Waals surface area contributed by atoms with E-state index in [4.69, 9.17) is 10.8 Å². The number of rotatable bonds is 6. The van der Waals surface area contributed by atoms with E-state index in [2.05, 4.69) is 11.9 Å². The summed E-state index contributed by atoms with van der Waals surface area (Å²) in [6.07, 6.45) is 0.158. The zero-order chi connectivity index (χ0) is 10.4. The summed E-state index contributed by atoms with van der Waals surface area (Å²) in [5.41, 5.74) is 5.14. The summed E-state index contributed by atoms with van der Waals surface area (Å²) >= 11 is 0. The van der Waals surface area contributed by atoms with Gasteiger partial charge in [-0.25, -0.2) is 0 Å². The Labute approximate surface area is 76.6 Å². The molecule has 0 saturated heterocycles. The van der Waals surface area contributed by atoms with Gasteiger partial charge in [0.25, 0.3) is 0 Å². The molecule has 0 radical (unpaired) electrons. The highest BCUT2D eigenvalue weighted by molar-refractivity contribution is 5.98. The number of aliphatic carboxylic acids is 1. The molecule has 0 rings (SSSR count). The number of hydrogen-bond acceptors (Lipinski definition) is 4. The second kappa shape index (κ2) is 5.31. The van der Waals surface area contributed by atoms with Crippen molar-refractivity contribution in [3.05, 3.63) is 12.3 Å². The van der Waals surface area contributed by atoms with Crippen molar-refractivity contribution < 1.29 is 14.7 Å². The van der Waals surface area contributed by atoms with E-state index in [0.717, 1.165) is 0 Å². The molecule has 0 aromatic carbocycles. The first-order valence-corrected chi connectivity index (χ1v) is 3.86. The minimum absolute atomic E-state index is 0.0512. The van der Waals surface area contributed by atoms with Gasteiger partial charge in [0.1, 0.15) is 0 Å². The van der Waals surface area contributed by atoms with Crippen LogP contribution in [0.25, 0.3) is 0 Å². The first-order valence-electron chi connectivity index (χ1n) is 3.86. The van der Waals surface area contributed by atoms with Crippen LogP contribution in [0.2, 0.25) is 0 Å². The summed E-state index contributed by atoms with van der Waals surface area (Å²) in [6, 6.07) is -0.548. The van der Waals surface area contributed by atoms with Crippen LogP contribution >= 0.6 is 0 Å². The molecule has 0 spiro atoms. The van der Waals surface area contributed by atoms with Crippen LogP contribution in [0.1, 0.15) is 12.8 Å². The predicted molar refractivity (Wildman–Crippen MR) is 48.1 cm³/mol. The van der Waals surface area contributed by atoms with Gasteiger partial charge in [-0.15, -0.1) is 0 Å². The van der Waals surface area contributed by atoms with Gasteiger partial charge in [-0.2, -0.15) is 0 Å². The fourth-order valence-electron chi connectivity index (χ4n) is 0.898. The van der Waals surface area contributed by atoms with E-state index in [1.54, 1.807) is 7.05 Å². The van der Waals surface area contributed by atoms with Crippen molar-refractivity contribution >= 4 is 11.8 Å². The van der Waals surface area contributed by atoms with Crippen molar-refractivity contribution in [1.29, 1.82) is 0 Å². The van der Waals surface area contributed by atoms with Gasteiger partial charge in [0.2, 0.25) is 0 Å². The van der Waals surface area contributed by atoms with E-state index in [1.165, 1.54) is 0 Å². The number of carbonyl (C=O) groups excluding carboxylic acids is 1. The van der Waals surface area contributed by atoms with Crippen molar-refractivity contribution in [3.8, 4) is 0 Å². The van der Waals surface area contributed by atoms with Gasteiger partial charge in [-0.05, 0) is 13.5 Å². The van der Waals surface area contributed by atoms with Gasteiger partial charge in [0, 0.05) is 6.42 Å². The van der Waals surface area contributed by atoms with E-state index in [9.17, 15) is 9.59 Å². The minimum Gasteiger partial charge on any atom is -0.481 e. The van der Waals surface area contributed by atoms with E-state index < -0.39 is 12.0 Å². The lowest BCUT2D eigenvalue weighted by Crippen LogP contribution is -2.37. The standard InChI is InChI=1S/C8H14N2O3/c1-5(9)8(13)6(10-2)3-4-7(11)12/h6,10H,1,3-4,9H2,2H3,(H,11,12). The first-order chi connectivity index (χ1) is 5.99. The quantitative estimate of drug-likeness (QED) is 0.485. The SMILES string of the molecule is C=C(N)C(=O)C(CCC(=O)O)NC. The smallest absolute Gasteiger partial charge is 0.303 e. The molecule has 1 atom stereocenters. The number of Topliss-reactive ketones (excluding diaryl/α,β-unsaturated/α-hetero) is 1. The molecule has 5 heteroatoms. The van der Waals surface area contributed by atoms with Crippen molar-refractivity contribution in [2.24, 2.45) is 5.73 Å². The lowest BCUT2D eigenvalue weighted by Gasteiger charge is -2.12.